The number of rotatable bonds is 16. The van der Waals surface area contributed by atoms with E-state index in [0.29, 0.717) is 35.0 Å². The van der Waals surface area contributed by atoms with Crippen molar-refractivity contribution in [2.24, 2.45) is 23.2 Å². The Labute approximate surface area is 248 Å². The maximum atomic E-state index is 12.7. The van der Waals surface area contributed by atoms with E-state index in [1.54, 1.807) is 36.4 Å². The summed E-state index contributed by atoms with van der Waals surface area (Å²) in [6, 6.07) is 7.02. The summed E-state index contributed by atoms with van der Waals surface area (Å²) in [5.41, 5.74) is 0.572. The molecule has 5 atom stereocenters. The van der Waals surface area contributed by atoms with Gasteiger partial charge in [0.15, 0.2) is 0 Å². The molecule has 1 aromatic rings. The van der Waals surface area contributed by atoms with Crippen molar-refractivity contribution in [1.29, 1.82) is 0 Å². The number of benzene rings is 1. The molecule has 0 bridgehead atoms. The van der Waals surface area contributed by atoms with Gasteiger partial charge in [-0.3, -0.25) is 4.79 Å². The van der Waals surface area contributed by atoms with E-state index in [1.165, 1.54) is 0 Å². The standard InChI is InChI=1S/C33H46O9/c1-21(2)20-33(5,22(3)4)32(38)41-16-13-29(36)28(35)12-15-39-26-11-8-24-18-27(31(37)42-30(24)19-26)23-6-9-25(10-7-23)40-17-14-34/h6-11,18-19,21-22,24,28-30,34-36H,12-17,20H2,1-5H3. The lowest BCUT2D eigenvalue weighted by atomic mass is 9.73. The highest BCUT2D eigenvalue weighted by Gasteiger charge is 2.39. The number of hydrogen-bond acceptors (Lipinski definition) is 9. The van der Waals surface area contributed by atoms with Gasteiger partial charge in [0, 0.05) is 18.8 Å². The first-order valence-electron chi connectivity index (χ1n) is 14.8. The van der Waals surface area contributed by atoms with Gasteiger partial charge in [0.1, 0.15) is 24.2 Å². The number of aliphatic hydroxyl groups is 3. The van der Waals surface area contributed by atoms with Gasteiger partial charge in [0.25, 0.3) is 0 Å². The average molecular weight is 587 g/mol. The van der Waals surface area contributed by atoms with Crippen molar-refractivity contribution in [1.82, 2.24) is 0 Å². The first kappa shape index (κ1) is 33.4. The number of fused-ring (bicyclic) bond motifs is 1. The Hall–Kier alpha value is -3.14. The smallest absolute Gasteiger partial charge is 0.339 e. The molecular formula is C33H46O9. The van der Waals surface area contributed by atoms with Crippen LogP contribution in [0.2, 0.25) is 0 Å². The third kappa shape index (κ3) is 8.93. The van der Waals surface area contributed by atoms with Crippen LogP contribution in [0.5, 0.6) is 5.75 Å². The van der Waals surface area contributed by atoms with Crippen molar-refractivity contribution < 1.29 is 43.9 Å². The normalized spacial score (nSPS) is 21.0. The second kappa shape index (κ2) is 15.4. The first-order valence-corrected chi connectivity index (χ1v) is 14.8. The van der Waals surface area contributed by atoms with Crippen LogP contribution in [-0.2, 0) is 23.8 Å². The van der Waals surface area contributed by atoms with Crippen LogP contribution < -0.4 is 4.74 Å². The quantitative estimate of drug-likeness (QED) is 0.244. The minimum absolute atomic E-state index is 0.0256. The summed E-state index contributed by atoms with van der Waals surface area (Å²) in [6.45, 7) is 10.4. The fourth-order valence-electron chi connectivity index (χ4n) is 5.08. The molecule has 1 aliphatic heterocycles. The highest BCUT2D eigenvalue weighted by Crippen LogP contribution is 2.36. The summed E-state index contributed by atoms with van der Waals surface area (Å²) >= 11 is 0. The van der Waals surface area contributed by atoms with E-state index >= 15 is 0 Å². The lowest BCUT2D eigenvalue weighted by Crippen LogP contribution is -2.37. The van der Waals surface area contributed by atoms with Crippen molar-refractivity contribution in [3.8, 4) is 5.75 Å². The van der Waals surface area contributed by atoms with Crippen LogP contribution in [0.3, 0.4) is 0 Å². The molecule has 0 radical (unpaired) electrons. The third-order valence-electron chi connectivity index (χ3n) is 7.88. The van der Waals surface area contributed by atoms with E-state index in [-0.39, 0.29) is 57.1 Å². The number of allylic oxidation sites excluding steroid dienone is 1. The van der Waals surface area contributed by atoms with Crippen molar-refractivity contribution in [2.75, 3.05) is 26.4 Å². The van der Waals surface area contributed by atoms with Gasteiger partial charge in [-0.05, 0) is 55.0 Å². The van der Waals surface area contributed by atoms with Crippen LogP contribution in [0, 0.1) is 23.2 Å². The van der Waals surface area contributed by atoms with Gasteiger partial charge in [-0.2, -0.15) is 0 Å². The predicted octanol–water partition coefficient (Wildman–Crippen LogP) is 4.21. The van der Waals surface area contributed by atoms with E-state index in [4.69, 9.17) is 24.1 Å². The van der Waals surface area contributed by atoms with Crippen LogP contribution in [-0.4, -0.2) is 72.0 Å². The fourth-order valence-corrected chi connectivity index (χ4v) is 5.08. The zero-order chi connectivity index (χ0) is 30.9. The average Bonchev–Trinajstić information content (AvgIpc) is 2.95. The molecule has 3 N–H and O–H groups in total. The Morgan fingerprint density at radius 3 is 2.26 bits per heavy atom. The summed E-state index contributed by atoms with van der Waals surface area (Å²) in [6.07, 6.45) is 5.68. The second-order valence-electron chi connectivity index (χ2n) is 11.9. The summed E-state index contributed by atoms with van der Waals surface area (Å²) in [5, 5.41) is 29.7. The van der Waals surface area contributed by atoms with Gasteiger partial charge in [0.2, 0.25) is 0 Å². The Morgan fingerprint density at radius 1 is 0.976 bits per heavy atom. The largest absolute Gasteiger partial charge is 0.494 e. The van der Waals surface area contributed by atoms with Gasteiger partial charge < -0.3 is 34.3 Å². The van der Waals surface area contributed by atoms with E-state index < -0.39 is 29.7 Å². The Kier molecular flexibility index (Phi) is 12.2. The van der Waals surface area contributed by atoms with Crippen LogP contribution in [0.15, 0.2) is 54.3 Å². The molecule has 0 amide bonds. The number of ether oxygens (including phenoxy) is 4. The molecule has 1 aliphatic carbocycles. The molecule has 0 fully saturated rings. The maximum Gasteiger partial charge on any atom is 0.339 e. The molecule has 9 heteroatoms. The fraction of sp³-hybridized carbons (Fsp3) is 0.576. The first-order chi connectivity index (χ1) is 19.9. The molecule has 9 nitrogen and oxygen atoms in total. The zero-order valence-corrected chi connectivity index (χ0v) is 25.3. The summed E-state index contributed by atoms with van der Waals surface area (Å²) in [5.74, 6) is 0.707. The number of esters is 2. The van der Waals surface area contributed by atoms with Gasteiger partial charge in [0.05, 0.1) is 43.0 Å². The summed E-state index contributed by atoms with van der Waals surface area (Å²) in [4.78, 5) is 25.5. The van der Waals surface area contributed by atoms with Gasteiger partial charge in [-0.25, -0.2) is 4.79 Å². The maximum absolute atomic E-state index is 12.7. The molecule has 5 unspecified atom stereocenters. The molecule has 2 aliphatic rings. The molecular weight excluding hydrogens is 540 g/mol. The van der Waals surface area contributed by atoms with Crippen LogP contribution in [0.4, 0.5) is 0 Å². The van der Waals surface area contributed by atoms with E-state index in [1.807, 2.05) is 32.9 Å². The lowest BCUT2D eigenvalue weighted by molar-refractivity contribution is -0.160. The van der Waals surface area contributed by atoms with Crippen molar-refractivity contribution in [3.63, 3.8) is 0 Å². The van der Waals surface area contributed by atoms with Crippen LogP contribution in [0.25, 0.3) is 5.57 Å². The minimum Gasteiger partial charge on any atom is -0.494 e. The van der Waals surface area contributed by atoms with Crippen molar-refractivity contribution in [3.05, 3.63) is 59.9 Å². The van der Waals surface area contributed by atoms with Crippen LogP contribution >= 0.6 is 0 Å². The Morgan fingerprint density at radius 2 is 1.64 bits per heavy atom. The minimum atomic E-state index is -1.06. The number of hydrogen-bond donors (Lipinski definition) is 3. The predicted molar refractivity (Wildman–Crippen MR) is 158 cm³/mol. The topological polar surface area (TPSA) is 132 Å². The highest BCUT2D eigenvalue weighted by molar-refractivity contribution is 6.17. The highest BCUT2D eigenvalue weighted by atomic mass is 16.5. The second-order valence-corrected chi connectivity index (χ2v) is 11.9. The molecule has 3 rings (SSSR count). The monoisotopic (exact) mass is 586 g/mol. The molecule has 232 valence electrons. The Balaban J connectivity index is 1.44. The molecule has 0 saturated carbocycles. The molecule has 1 heterocycles. The van der Waals surface area contributed by atoms with Crippen molar-refractivity contribution >= 4 is 17.5 Å². The van der Waals surface area contributed by atoms with E-state index in [0.717, 1.165) is 0 Å². The van der Waals surface area contributed by atoms with Crippen molar-refractivity contribution in [2.45, 2.75) is 72.2 Å². The summed E-state index contributed by atoms with van der Waals surface area (Å²) in [7, 11) is 0. The van der Waals surface area contributed by atoms with Gasteiger partial charge in [-0.15, -0.1) is 0 Å². The molecule has 1 aromatic carbocycles. The third-order valence-corrected chi connectivity index (χ3v) is 7.88. The number of carbonyl (C=O) groups excluding carboxylic acids is 2. The zero-order valence-electron chi connectivity index (χ0n) is 25.3. The molecule has 0 aromatic heterocycles. The lowest BCUT2D eigenvalue weighted by Gasteiger charge is -2.33. The van der Waals surface area contributed by atoms with Gasteiger partial charge in [-0.1, -0.05) is 52.0 Å². The van der Waals surface area contributed by atoms with Gasteiger partial charge >= 0.3 is 11.9 Å². The number of aliphatic hydroxyl groups excluding tert-OH is 3. The van der Waals surface area contributed by atoms with E-state index in [2.05, 4.69) is 13.8 Å². The number of carbonyl (C=O) groups is 2. The molecule has 42 heavy (non-hydrogen) atoms. The Bertz CT molecular complexity index is 1130. The summed E-state index contributed by atoms with van der Waals surface area (Å²) < 4.78 is 22.3. The van der Waals surface area contributed by atoms with Crippen LogP contribution in [0.1, 0.15) is 59.4 Å². The molecule has 0 spiro atoms. The molecule has 0 saturated heterocycles. The SMILES string of the molecule is CC(C)CC(C)(C(=O)OCCC(O)C(O)CCOC1=CC2OC(=O)C(c3ccc(OCCO)cc3)=CC2C=C1)C(C)C. The van der Waals surface area contributed by atoms with E-state index in [9.17, 15) is 19.8 Å².